The van der Waals surface area contributed by atoms with Crippen LogP contribution in [-0.4, -0.2) is 67.7 Å². The van der Waals surface area contributed by atoms with Gasteiger partial charge in [-0.3, -0.25) is 9.69 Å². The molecule has 2 atom stereocenters. The quantitative estimate of drug-likeness (QED) is 0.688. The summed E-state index contributed by atoms with van der Waals surface area (Å²) in [4.78, 5) is 16.6. The number of carbonyl (C=O) groups excluding carboxylic acids is 1. The predicted molar refractivity (Wildman–Crippen MR) is 81.6 cm³/mol. The van der Waals surface area contributed by atoms with E-state index in [9.17, 15) is 4.79 Å². The largest absolute Gasteiger partial charge is 0.383 e. The molecule has 1 amide bonds. The summed E-state index contributed by atoms with van der Waals surface area (Å²) in [7, 11) is 1.71. The van der Waals surface area contributed by atoms with Crippen LogP contribution < -0.4 is 5.73 Å². The number of ether oxygens (including phenoxy) is 1. The van der Waals surface area contributed by atoms with E-state index in [0.29, 0.717) is 25.6 Å². The van der Waals surface area contributed by atoms with Crippen LogP contribution in [0.3, 0.4) is 0 Å². The predicted octanol–water partition coefficient (Wildman–Crippen LogP) is 1.07. The monoisotopic (exact) mass is 285 g/mol. The minimum Gasteiger partial charge on any atom is -0.383 e. The van der Waals surface area contributed by atoms with Crippen LogP contribution in [0.4, 0.5) is 0 Å². The maximum Gasteiger partial charge on any atom is 0.224 e. The van der Waals surface area contributed by atoms with E-state index in [1.54, 1.807) is 7.11 Å². The zero-order chi connectivity index (χ0) is 15.0. The lowest BCUT2D eigenvalue weighted by molar-refractivity contribution is -0.131. The van der Waals surface area contributed by atoms with Crippen molar-refractivity contribution in [3.05, 3.63) is 0 Å². The average Bonchev–Trinajstić information content (AvgIpc) is 2.99. The number of methoxy groups -OCH3 is 1. The summed E-state index contributed by atoms with van der Waals surface area (Å²) in [6.07, 6.45) is 3.86. The molecule has 118 valence electrons. The molecule has 20 heavy (non-hydrogen) atoms. The Kier molecular flexibility index (Phi) is 8.11. The molecule has 0 spiro atoms. The number of hydrogen-bond acceptors (Lipinski definition) is 4. The summed E-state index contributed by atoms with van der Waals surface area (Å²) >= 11 is 0. The van der Waals surface area contributed by atoms with Crippen LogP contribution in [0, 0.1) is 0 Å². The molecule has 0 aromatic carbocycles. The molecular formula is C15H31N3O2. The Bertz CT molecular complexity index is 280. The van der Waals surface area contributed by atoms with Gasteiger partial charge in [-0.05, 0) is 26.2 Å². The smallest absolute Gasteiger partial charge is 0.224 e. The summed E-state index contributed by atoms with van der Waals surface area (Å²) in [5, 5.41) is 0. The SMILES string of the molecule is CCC(C)N(CCOC)C(CN)CC(=O)N1CCCC1. The van der Waals surface area contributed by atoms with Crippen molar-refractivity contribution in [2.45, 2.75) is 51.6 Å². The van der Waals surface area contributed by atoms with Gasteiger partial charge in [0.15, 0.2) is 0 Å². The zero-order valence-corrected chi connectivity index (χ0v) is 13.3. The topological polar surface area (TPSA) is 58.8 Å². The van der Waals surface area contributed by atoms with E-state index in [2.05, 4.69) is 18.7 Å². The van der Waals surface area contributed by atoms with Gasteiger partial charge in [-0.1, -0.05) is 6.92 Å². The number of carbonyl (C=O) groups is 1. The molecule has 0 aliphatic carbocycles. The fraction of sp³-hybridized carbons (Fsp3) is 0.933. The maximum atomic E-state index is 12.3. The first kappa shape index (κ1) is 17.4. The molecule has 2 N–H and O–H groups in total. The van der Waals surface area contributed by atoms with Gasteiger partial charge >= 0.3 is 0 Å². The fourth-order valence-corrected chi connectivity index (χ4v) is 2.83. The Balaban J connectivity index is 2.60. The van der Waals surface area contributed by atoms with E-state index in [1.807, 2.05) is 4.90 Å². The van der Waals surface area contributed by atoms with Crippen LogP contribution in [0.15, 0.2) is 0 Å². The molecule has 1 fully saturated rings. The highest BCUT2D eigenvalue weighted by atomic mass is 16.5. The van der Waals surface area contributed by atoms with E-state index in [-0.39, 0.29) is 11.9 Å². The summed E-state index contributed by atoms with van der Waals surface area (Å²) in [5.74, 6) is 0.253. The molecule has 1 saturated heterocycles. The highest BCUT2D eigenvalue weighted by Crippen LogP contribution is 2.15. The van der Waals surface area contributed by atoms with Crippen LogP contribution in [0.5, 0.6) is 0 Å². The lowest BCUT2D eigenvalue weighted by Gasteiger charge is -2.35. The molecule has 0 bridgehead atoms. The van der Waals surface area contributed by atoms with Crippen molar-refractivity contribution in [2.24, 2.45) is 5.73 Å². The van der Waals surface area contributed by atoms with Crippen molar-refractivity contribution < 1.29 is 9.53 Å². The molecule has 1 aliphatic heterocycles. The maximum absolute atomic E-state index is 12.3. The highest BCUT2D eigenvalue weighted by Gasteiger charge is 2.26. The minimum atomic E-state index is 0.119. The van der Waals surface area contributed by atoms with Gasteiger partial charge in [0.1, 0.15) is 0 Å². The van der Waals surface area contributed by atoms with Crippen LogP contribution in [0.1, 0.15) is 39.5 Å². The van der Waals surface area contributed by atoms with Crippen molar-refractivity contribution in [3.63, 3.8) is 0 Å². The van der Waals surface area contributed by atoms with Gasteiger partial charge in [-0.15, -0.1) is 0 Å². The Morgan fingerprint density at radius 1 is 1.40 bits per heavy atom. The van der Waals surface area contributed by atoms with Crippen LogP contribution in [0.25, 0.3) is 0 Å². The number of hydrogen-bond donors (Lipinski definition) is 1. The van der Waals surface area contributed by atoms with Crippen LogP contribution in [-0.2, 0) is 9.53 Å². The number of rotatable bonds is 9. The van der Waals surface area contributed by atoms with E-state index in [4.69, 9.17) is 10.5 Å². The zero-order valence-electron chi connectivity index (χ0n) is 13.3. The second-order valence-corrected chi connectivity index (χ2v) is 5.67. The molecule has 2 unspecified atom stereocenters. The Labute approximate surface area is 123 Å². The Hall–Kier alpha value is -0.650. The first-order chi connectivity index (χ1) is 9.63. The average molecular weight is 285 g/mol. The number of nitrogens with two attached hydrogens (primary N) is 1. The highest BCUT2D eigenvalue weighted by molar-refractivity contribution is 5.77. The Morgan fingerprint density at radius 3 is 2.55 bits per heavy atom. The minimum absolute atomic E-state index is 0.119. The molecule has 0 aromatic rings. The molecule has 1 aliphatic rings. The van der Waals surface area contributed by atoms with Gasteiger partial charge in [-0.25, -0.2) is 0 Å². The summed E-state index contributed by atoms with van der Waals surface area (Å²) < 4.78 is 5.19. The van der Waals surface area contributed by atoms with Gasteiger partial charge in [0.25, 0.3) is 0 Å². The first-order valence-corrected chi connectivity index (χ1v) is 7.86. The third kappa shape index (κ3) is 5.04. The number of nitrogens with zero attached hydrogens (tertiary/aromatic N) is 2. The molecule has 0 radical (unpaired) electrons. The van der Waals surface area contributed by atoms with Gasteiger partial charge < -0.3 is 15.4 Å². The molecule has 0 aromatic heterocycles. The van der Waals surface area contributed by atoms with Crippen molar-refractivity contribution in [3.8, 4) is 0 Å². The van der Waals surface area contributed by atoms with Crippen molar-refractivity contribution >= 4 is 5.91 Å². The standard InChI is InChI=1S/C15H31N3O2/c1-4-13(2)18(9-10-20-3)14(12-16)11-15(19)17-7-5-6-8-17/h13-14H,4-12,16H2,1-3H3. The fourth-order valence-electron chi connectivity index (χ4n) is 2.83. The molecule has 5 nitrogen and oxygen atoms in total. The van der Waals surface area contributed by atoms with Gasteiger partial charge in [0.2, 0.25) is 5.91 Å². The summed E-state index contributed by atoms with van der Waals surface area (Å²) in [5.41, 5.74) is 5.93. The lowest BCUT2D eigenvalue weighted by Crippen LogP contribution is -2.49. The summed E-state index contributed by atoms with van der Waals surface area (Å²) in [6.45, 7) is 8.22. The molecule has 5 heteroatoms. The number of likely N-dealkylation sites (tertiary alicyclic amines) is 1. The van der Waals surface area contributed by atoms with E-state index < -0.39 is 0 Å². The van der Waals surface area contributed by atoms with Gasteiger partial charge in [0.05, 0.1) is 6.61 Å². The van der Waals surface area contributed by atoms with E-state index >= 15 is 0 Å². The van der Waals surface area contributed by atoms with Gasteiger partial charge in [0, 0.05) is 51.8 Å². The second-order valence-electron chi connectivity index (χ2n) is 5.67. The van der Waals surface area contributed by atoms with Crippen molar-refractivity contribution in [2.75, 3.05) is 39.9 Å². The Morgan fingerprint density at radius 2 is 2.05 bits per heavy atom. The lowest BCUT2D eigenvalue weighted by atomic mass is 10.1. The number of amides is 1. The molecule has 0 saturated carbocycles. The first-order valence-electron chi connectivity index (χ1n) is 7.86. The molecule has 1 heterocycles. The third-order valence-corrected chi connectivity index (χ3v) is 4.32. The van der Waals surface area contributed by atoms with Gasteiger partial charge in [-0.2, -0.15) is 0 Å². The third-order valence-electron chi connectivity index (χ3n) is 4.32. The van der Waals surface area contributed by atoms with Crippen molar-refractivity contribution in [1.82, 2.24) is 9.80 Å². The van der Waals surface area contributed by atoms with Crippen LogP contribution >= 0.6 is 0 Å². The molecule has 1 rings (SSSR count). The van der Waals surface area contributed by atoms with E-state index in [0.717, 1.165) is 38.9 Å². The second kappa shape index (κ2) is 9.32. The van der Waals surface area contributed by atoms with Crippen molar-refractivity contribution in [1.29, 1.82) is 0 Å². The van der Waals surface area contributed by atoms with Crippen LogP contribution in [0.2, 0.25) is 0 Å². The van der Waals surface area contributed by atoms with E-state index in [1.165, 1.54) is 0 Å². The molecular weight excluding hydrogens is 254 g/mol. The normalized spacial score (nSPS) is 18.6. The summed E-state index contributed by atoms with van der Waals surface area (Å²) in [6, 6.07) is 0.540.